The number of aromatic nitrogens is 2. The molecule has 0 bridgehead atoms. The summed E-state index contributed by atoms with van der Waals surface area (Å²) in [7, 11) is 0. The van der Waals surface area contributed by atoms with E-state index < -0.39 is 0 Å². The van der Waals surface area contributed by atoms with Crippen LogP contribution in [0.1, 0.15) is 11.5 Å². The summed E-state index contributed by atoms with van der Waals surface area (Å²) < 4.78 is 5.31. The lowest BCUT2D eigenvalue weighted by Crippen LogP contribution is -1.95. The van der Waals surface area contributed by atoms with E-state index in [1.165, 1.54) is 10.5 Å². The first-order valence-electron chi connectivity index (χ1n) is 5.62. The van der Waals surface area contributed by atoms with Gasteiger partial charge in [-0.25, -0.2) is 0 Å². The number of benzene rings is 1. The number of aryl methyl sites for hydroxylation is 1. The van der Waals surface area contributed by atoms with Gasteiger partial charge in [-0.15, -0.1) is 22.0 Å². The minimum atomic E-state index is 0.297. The van der Waals surface area contributed by atoms with Crippen molar-refractivity contribution in [1.29, 1.82) is 0 Å². The first-order valence-corrected chi connectivity index (χ1v) is 7.60. The van der Waals surface area contributed by atoms with Gasteiger partial charge in [0.2, 0.25) is 5.89 Å². The minimum Gasteiger partial charge on any atom is -0.415 e. The summed E-state index contributed by atoms with van der Waals surface area (Å²) in [4.78, 5) is 1.29. The van der Waals surface area contributed by atoms with E-state index in [1.54, 1.807) is 11.8 Å². The van der Waals surface area contributed by atoms with Crippen molar-refractivity contribution < 1.29 is 4.42 Å². The first-order chi connectivity index (χ1) is 8.78. The average molecular weight is 281 g/mol. The van der Waals surface area contributed by atoms with E-state index in [-0.39, 0.29) is 0 Å². The van der Waals surface area contributed by atoms with Crippen LogP contribution in [-0.2, 0) is 6.54 Å². The van der Waals surface area contributed by atoms with Crippen molar-refractivity contribution in [2.24, 2.45) is 5.73 Å². The third kappa shape index (κ3) is 4.04. The molecule has 0 unspecified atom stereocenters. The Morgan fingerprint density at radius 2 is 1.83 bits per heavy atom. The van der Waals surface area contributed by atoms with E-state index in [0.717, 1.165) is 11.5 Å². The summed E-state index contributed by atoms with van der Waals surface area (Å²) in [5.41, 5.74) is 6.68. The maximum absolute atomic E-state index is 5.40. The van der Waals surface area contributed by atoms with Crippen molar-refractivity contribution in [3.8, 4) is 0 Å². The molecule has 0 saturated heterocycles. The molecule has 1 aromatic heterocycles. The zero-order chi connectivity index (χ0) is 12.8. The standard InChI is InChI=1S/C12H15N3OS2/c1-9-2-4-10(5-3-9)17-6-7-18-12-15-14-11(8-13)16-12/h2-5H,6-8,13H2,1H3. The summed E-state index contributed by atoms with van der Waals surface area (Å²) in [6, 6.07) is 8.54. The highest BCUT2D eigenvalue weighted by Gasteiger charge is 2.04. The minimum absolute atomic E-state index is 0.297. The van der Waals surface area contributed by atoms with Gasteiger partial charge in [0.05, 0.1) is 6.54 Å². The molecule has 0 atom stereocenters. The van der Waals surface area contributed by atoms with Gasteiger partial charge in [0.25, 0.3) is 5.22 Å². The molecule has 2 N–H and O–H groups in total. The van der Waals surface area contributed by atoms with Gasteiger partial charge in [-0.3, -0.25) is 0 Å². The van der Waals surface area contributed by atoms with Gasteiger partial charge in [-0.1, -0.05) is 29.5 Å². The fourth-order valence-electron chi connectivity index (χ4n) is 1.30. The zero-order valence-corrected chi connectivity index (χ0v) is 11.8. The Labute approximate surface area is 115 Å². The Kier molecular flexibility index (Phi) is 5.10. The number of nitrogens with zero attached hydrogens (tertiary/aromatic N) is 2. The normalized spacial score (nSPS) is 10.8. The SMILES string of the molecule is Cc1ccc(SCCSc2nnc(CN)o2)cc1. The van der Waals surface area contributed by atoms with E-state index in [2.05, 4.69) is 41.4 Å². The van der Waals surface area contributed by atoms with Crippen LogP contribution in [0.4, 0.5) is 0 Å². The molecule has 4 nitrogen and oxygen atoms in total. The molecule has 2 aromatic rings. The van der Waals surface area contributed by atoms with Crippen LogP contribution in [0.25, 0.3) is 0 Å². The molecule has 0 aliphatic rings. The Hall–Kier alpha value is -0.980. The molecule has 2 rings (SSSR count). The third-order valence-corrected chi connectivity index (χ3v) is 4.31. The van der Waals surface area contributed by atoms with E-state index >= 15 is 0 Å². The van der Waals surface area contributed by atoms with Crippen LogP contribution in [0.3, 0.4) is 0 Å². The van der Waals surface area contributed by atoms with Gasteiger partial charge < -0.3 is 10.2 Å². The maximum atomic E-state index is 5.40. The highest BCUT2D eigenvalue weighted by molar-refractivity contribution is 8.02. The van der Waals surface area contributed by atoms with Gasteiger partial charge in [0, 0.05) is 16.4 Å². The molecule has 0 fully saturated rings. The second kappa shape index (κ2) is 6.82. The first kappa shape index (κ1) is 13.5. The molecule has 1 aromatic carbocycles. The van der Waals surface area contributed by atoms with Crippen LogP contribution in [0.5, 0.6) is 0 Å². The molecule has 18 heavy (non-hydrogen) atoms. The number of hydrogen-bond donors (Lipinski definition) is 1. The van der Waals surface area contributed by atoms with Crippen molar-refractivity contribution in [2.75, 3.05) is 11.5 Å². The van der Waals surface area contributed by atoms with Gasteiger partial charge in [-0.2, -0.15) is 0 Å². The number of rotatable bonds is 6. The van der Waals surface area contributed by atoms with Crippen LogP contribution in [0.15, 0.2) is 38.8 Å². The predicted molar refractivity (Wildman–Crippen MR) is 74.8 cm³/mol. The fourth-order valence-corrected chi connectivity index (χ4v) is 2.96. The van der Waals surface area contributed by atoms with Crippen LogP contribution < -0.4 is 5.73 Å². The Balaban J connectivity index is 1.71. The van der Waals surface area contributed by atoms with Crippen molar-refractivity contribution in [3.63, 3.8) is 0 Å². The molecule has 0 radical (unpaired) electrons. The topological polar surface area (TPSA) is 64.9 Å². The molecular weight excluding hydrogens is 266 g/mol. The van der Waals surface area contributed by atoms with E-state index in [9.17, 15) is 0 Å². The molecule has 6 heteroatoms. The predicted octanol–water partition coefficient (Wildman–Crippen LogP) is 2.72. The molecule has 1 heterocycles. The summed E-state index contributed by atoms with van der Waals surface area (Å²) in [6.07, 6.45) is 0. The van der Waals surface area contributed by atoms with Crippen molar-refractivity contribution in [3.05, 3.63) is 35.7 Å². The molecule has 0 amide bonds. The zero-order valence-electron chi connectivity index (χ0n) is 10.1. The van der Waals surface area contributed by atoms with Crippen molar-refractivity contribution in [2.45, 2.75) is 23.6 Å². The summed E-state index contributed by atoms with van der Waals surface area (Å²) in [6.45, 7) is 2.39. The van der Waals surface area contributed by atoms with E-state index in [1.807, 2.05) is 11.8 Å². The van der Waals surface area contributed by atoms with Gasteiger partial charge in [0.1, 0.15) is 0 Å². The molecular formula is C12H15N3OS2. The summed E-state index contributed by atoms with van der Waals surface area (Å²) in [5.74, 6) is 2.43. The Morgan fingerprint density at radius 1 is 1.11 bits per heavy atom. The number of hydrogen-bond acceptors (Lipinski definition) is 6. The largest absolute Gasteiger partial charge is 0.415 e. The van der Waals surface area contributed by atoms with Crippen LogP contribution in [-0.4, -0.2) is 21.7 Å². The van der Waals surface area contributed by atoms with Crippen LogP contribution in [0.2, 0.25) is 0 Å². The number of thioether (sulfide) groups is 2. The molecule has 0 aliphatic carbocycles. The Morgan fingerprint density at radius 3 is 2.50 bits per heavy atom. The monoisotopic (exact) mass is 281 g/mol. The lowest BCUT2D eigenvalue weighted by molar-refractivity contribution is 0.415. The van der Waals surface area contributed by atoms with Crippen molar-refractivity contribution in [1.82, 2.24) is 10.2 Å². The fraction of sp³-hybridized carbons (Fsp3) is 0.333. The van der Waals surface area contributed by atoms with Gasteiger partial charge >= 0.3 is 0 Å². The van der Waals surface area contributed by atoms with Crippen LogP contribution >= 0.6 is 23.5 Å². The maximum Gasteiger partial charge on any atom is 0.276 e. The smallest absolute Gasteiger partial charge is 0.276 e. The van der Waals surface area contributed by atoms with Crippen LogP contribution in [0, 0.1) is 6.92 Å². The summed E-state index contributed by atoms with van der Waals surface area (Å²) in [5, 5.41) is 8.31. The average Bonchev–Trinajstić information content (AvgIpc) is 2.85. The van der Waals surface area contributed by atoms with E-state index in [0.29, 0.717) is 17.7 Å². The quantitative estimate of drug-likeness (QED) is 0.649. The summed E-state index contributed by atoms with van der Waals surface area (Å²) >= 11 is 3.39. The Bertz CT molecular complexity index is 484. The highest BCUT2D eigenvalue weighted by Crippen LogP contribution is 2.22. The second-order valence-electron chi connectivity index (χ2n) is 3.68. The third-order valence-electron chi connectivity index (χ3n) is 2.22. The number of nitrogens with two attached hydrogens (primary N) is 1. The molecule has 0 saturated carbocycles. The van der Waals surface area contributed by atoms with Crippen molar-refractivity contribution >= 4 is 23.5 Å². The molecule has 0 aliphatic heterocycles. The van der Waals surface area contributed by atoms with Gasteiger partial charge in [0.15, 0.2) is 0 Å². The van der Waals surface area contributed by atoms with E-state index in [4.69, 9.17) is 10.2 Å². The highest BCUT2D eigenvalue weighted by atomic mass is 32.2. The molecule has 96 valence electrons. The lowest BCUT2D eigenvalue weighted by Gasteiger charge is -2.00. The lowest BCUT2D eigenvalue weighted by atomic mass is 10.2. The second-order valence-corrected chi connectivity index (χ2v) is 5.89. The van der Waals surface area contributed by atoms with Gasteiger partial charge in [-0.05, 0) is 19.1 Å². The molecule has 0 spiro atoms.